The van der Waals surface area contributed by atoms with Crippen LogP contribution in [0.15, 0.2) is 0 Å². The Morgan fingerprint density at radius 3 is 2.00 bits per heavy atom. The predicted molar refractivity (Wildman–Crippen MR) is 74.3 cm³/mol. The summed E-state index contributed by atoms with van der Waals surface area (Å²) in [7, 11) is 0. The van der Waals surface area contributed by atoms with Gasteiger partial charge in [-0.25, -0.2) is 0 Å². The zero-order valence-electron chi connectivity index (χ0n) is 12.4. The topological polar surface area (TPSA) is 89.3 Å². The molecule has 0 bridgehead atoms. The summed E-state index contributed by atoms with van der Waals surface area (Å²) in [5.41, 5.74) is 5.12. The molecule has 3 N–H and O–H groups in total. The van der Waals surface area contributed by atoms with Crippen molar-refractivity contribution in [1.82, 2.24) is 5.32 Å². The van der Waals surface area contributed by atoms with E-state index in [4.69, 9.17) is 5.73 Å². The van der Waals surface area contributed by atoms with Crippen LogP contribution in [0.1, 0.15) is 53.4 Å². The average molecular weight is 270 g/mol. The van der Waals surface area contributed by atoms with Gasteiger partial charge in [0.05, 0.1) is 12.5 Å². The molecule has 0 aromatic carbocycles. The molecule has 5 heteroatoms. The van der Waals surface area contributed by atoms with Crippen molar-refractivity contribution in [2.75, 3.05) is 0 Å². The van der Waals surface area contributed by atoms with E-state index in [1.807, 2.05) is 27.7 Å². The van der Waals surface area contributed by atoms with Crippen LogP contribution in [0.5, 0.6) is 0 Å². The van der Waals surface area contributed by atoms with Crippen LogP contribution in [0.4, 0.5) is 0 Å². The molecule has 1 unspecified atom stereocenters. The highest BCUT2D eigenvalue weighted by Crippen LogP contribution is 2.08. The van der Waals surface area contributed by atoms with Crippen molar-refractivity contribution in [2.24, 2.45) is 17.6 Å². The molecule has 0 aliphatic rings. The van der Waals surface area contributed by atoms with E-state index in [1.54, 1.807) is 0 Å². The fraction of sp³-hybridized carbons (Fsp3) is 0.786. The Morgan fingerprint density at radius 2 is 1.58 bits per heavy atom. The Labute approximate surface area is 115 Å². The first-order chi connectivity index (χ1) is 8.72. The van der Waals surface area contributed by atoms with Crippen LogP contribution in [0.3, 0.4) is 0 Å². The highest BCUT2D eigenvalue weighted by molar-refractivity contribution is 5.92. The van der Waals surface area contributed by atoms with Crippen molar-refractivity contribution in [2.45, 2.75) is 59.4 Å². The minimum Gasteiger partial charge on any atom is -0.370 e. The standard InChI is InChI=1S/C14H26N2O3/c1-9(2)5-6-12(17)11(8-13(15)18)16-14(19)7-10(3)4/h9-11H,5-8H2,1-4H3,(H2,15,18)(H,16,19). The van der Waals surface area contributed by atoms with E-state index >= 15 is 0 Å². The number of amides is 2. The lowest BCUT2D eigenvalue weighted by Crippen LogP contribution is -2.43. The Hall–Kier alpha value is -1.39. The van der Waals surface area contributed by atoms with Crippen LogP contribution < -0.4 is 11.1 Å². The van der Waals surface area contributed by atoms with E-state index in [0.29, 0.717) is 18.8 Å². The third kappa shape index (κ3) is 9.22. The van der Waals surface area contributed by atoms with Gasteiger partial charge in [-0.2, -0.15) is 0 Å². The second-order valence-corrected chi connectivity index (χ2v) is 5.79. The zero-order chi connectivity index (χ0) is 15.0. The minimum absolute atomic E-state index is 0.121. The van der Waals surface area contributed by atoms with E-state index in [9.17, 15) is 14.4 Å². The summed E-state index contributed by atoms with van der Waals surface area (Å²) in [4.78, 5) is 34.6. The molecule has 1 atom stereocenters. The van der Waals surface area contributed by atoms with Gasteiger partial charge in [0, 0.05) is 12.8 Å². The van der Waals surface area contributed by atoms with Crippen molar-refractivity contribution >= 4 is 17.6 Å². The molecule has 0 saturated heterocycles. The normalized spacial score (nSPS) is 12.5. The molecule has 2 amide bonds. The van der Waals surface area contributed by atoms with Crippen molar-refractivity contribution in [3.8, 4) is 0 Å². The average Bonchev–Trinajstić information content (AvgIpc) is 2.22. The van der Waals surface area contributed by atoms with Gasteiger partial charge < -0.3 is 11.1 Å². The van der Waals surface area contributed by atoms with Crippen molar-refractivity contribution in [1.29, 1.82) is 0 Å². The number of Topliss-reactive ketones (excluding diaryl/α,β-unsaturated/α-hetero) is 1. The lowest BCUT2D eigenvalue weighted by atomic mass is 9.99. The first-order valence-electron chi connectivity index (χ1n) is 6.82. The third-order valence-corrected chi connectivity index (χ3v) is 2.69. The number of primary amides is 1. The summed E-state index contributed by atoms with van der Waals surface area (Å²) in [5, 5.41) is 2.61. The summed E-state index contributed by atoms with van der Waals surface area (Å²) in [6, 6.07) is -0.775. The van der Waals surface area contributed by atoms with Crippen LogP contribution in [-0.2, 0) is 14.4 Å². The van der Waals surface area contributed by atoms with E-state index in [-0.39, 0.29) is 24.0 Å². The van der Waals surface area contributed by atoms with Crippen LogP contribution >= 0.6 is 0 Å². The van der Waals surface area contributed by atoms with Crippen molar-refractivity contribution in [3.63, 3.8) is 0 Å². The molecule has 19 heavy (non-hydrogen) atoms. The lowest BCUT2D eigenvalue weighted by molar-refractivity contribution is -0.130. The molecule has 0 heterocycles. The minimum atomic E-state index is -0.775. The molecular weight excluding hydrogens is 244 g/mol. The second kappa shape index (κ2) is 8.67. The summed E-state index contributed by atoms with van der Waals surface area (Å²) < 4.78 is 0. The molecule has 0 aliphatic carbocycles. The molecule has 0 radical (unpaired) electrons. The van der Waals surface area contributed by atoms with Gasteiger partial charge in [-0.3, -0.25) is 14.4 Å². The quantitative estimate of drug-likeness (QED) is 0.663. The van der Waals surface area contributed by atoms with Gasteiger partial charge in [0.25, 0.3) is 0 Å². The zero-order valence-corrected chi connectivity index (χ0v) is 12.4. The largest absolute Gasteiger partial charge is 0.370 e. The maximum absolute atomic E-state index is 12.0. The van der Waals surface area contributed by atoms with Crippen LogP contribution in [0.2, 0.25) is 0 Å². The number of nitrogens with two attached hydrogens (primary N) is 1. The summed E-state index contributed by atoms with van der Waals surface area (Å²) in [6.45, 7) is 7.88. The molecule has 0 aliphatic heterocycles. The maximum atomic E-state index is 12.0. The van der Waals surface area contributed by atoms with Crippen molar-refractivity contribution < 1.29 is 14.4 Å². The van der Waals surface area contributed by atoms with Gasteiger partial charge in [0.2, 0.25) is 11.8 Å². The Kier molecular flexibility index (Phi) is 8.03. The molecule has 0 aromatic heterocycles. The highest BCUT2D eigenvalue weighted by atomic mass is 16.2. The van der Waals surface area contributed by atoms with Crippen LogP contribution in [0, 0.1) is 11.8 Å². The third-order valence-electron chi connectivity index (χ3n) is 2.69. The van der Waals surface area contributed by atoms with Crippen LogP contribution in [0.25, 0.3) is 0 Å². The molecule has 5 nitrogen and oxygen atoms in total. The van der Waals surface area contributed by atoms with E-state index < -0.39 is 11.9 Å². The highest BCUT2D eigenvalue weighted by Gasteiger charge is 2.22. The van der Waals surface area contributed by atoms with Gasteiger partial charge in [-0.1, -0.05) is 27.7 Å². The van der Waals surface area contributed by atoms with Gasteiger partial charge >= 0.3 is 0 Å². The fourth-order valence-electron chi connectivity index (χ4n) is 1.68. The first kappa shape index (κ1) is 17.6. The number of rotatable bonds is 9. The smallest absolute Gasteiger partial charge is 0.220 e. The molecule has 0 spiro atoms. The molecule has 0 saturated carbocycles. The number of ketones is 1. The number of hydrogen-bond donors (Lipinski definition) is 2. The lowest BCUT2D eigenvalue weighted by Gasteiger charge is -2.17. The Bertz CT molecular complexity index is 325. The van der Waals surface area contributed by atoms with Crippen LogP contribution in [-0.4, -0.2) is 23.6 Å². The van der Waals surface area contributed by atoms with Gasteiger partial charge in [-0.05, 0) is 18.3 Å². The molecule has 0 aromatic rings. The maximum Gasteiger partial charge on any atom is 0.220 e. The fourth-order valence-corrected chi connectivity index (χ4v) is 1.68. The van der Waals surface area contributed by atoms with E-state index in [0.717, 1.165) is 6.42 Å². The van der Waals surface area contributed by atoms with E-state index in [2.05, 4.69) is 5.32 Å². The van der Waals surface area contributed by atoms with E-state index in [1.165, 1.54) is 0 Å². The number of carbonyl (C=O) groups excluding carboxylic acids is 3. The Balaban J connectivity index is 4.48. The second-order valence-electron chi connectivity index (χ2n) is 5.79. The predicted octanol–water partition coefficient (Wildman–Crippen LogP) is 1.40. The summed E-state index contributed by atoms with van der Waals surface area (Å²) >= 11 is 0. The number of hydrogen-bond acceptors (Lipinski definition) is 3. The SMILES string of the molecule is CC(C)CCC(=O)C(CC(N)=O)NC(=O)CC(C)C. The summed E-state index contributed by atoms with van der Waals surface area (Å²) in [5.74, 6) is -0.291. The molecule has 110 valence electrons. The monoisotopic (exact) mass is 270 g/mol. The van der Waals surface area contributed by atoms with Gasteiger partial charge in [0.1, 0.15) is 0 Å². The molecular formula is C14H26N2O3. The van der Waals surface area contributed by atoms with Gasteiger partial charge in [-0.15, -0.1) is 0 Å². The molecule has 0 rings (SSSR count). The van der Waals surface area contributed by atoms with Crippen molar-refractivity contribution in [3.05, 3.63) is 0 Å². The first-order valence-corrected chi connectivity index (χ1v) is 6.82. The Morgan fingerprint density at radius 1 is 1.00 bits per heavy atom. The number of carbonyl (C=O) groups is 3. The summed E-state index contributed by atoms with van der Waals surface area (Å²) in [6.07, 6.45) is 1.32. The van der Waals surface area contributed by atoms with Gasteiger partial charge in [0.15, 0.2) is 5.78 Å². The molecule has 0 fully saturated rings. The number of nitrogens with one attached hydrogen (secondary N) is 1.